The van der Waals surface area contributed by atoms with E-state index in [0.29, 0.717) is 21.3 Å². The van der Waals surface area contributed by atoms with Crippen LogP contribution < -0.4 is 5.32 Å². The number of carbonyl (C=O) groups is 1. The topological polar surface area (TPSA) is 70.7 Å². The molecule has 1 amide bonds. The summed E-state index contributed by atoms with van der Waals surface area (Å²) in [6, 6.07) is 6.47. The molecule has 136 valence electrons. The molecule has 0 saturated heterocycles. The fraction of sp³-hybridized carbons (Fsp3) is 0.188. The number of nitrogens with one attached hydrogen (secondary N) is 2. The summed E-state index contributed by atoms with van der Waals surface area (Å²) in [6.45, 7) is 1.57. The van der Waals surface area contributed by atoms with E-state index in [1.807, 2.05) is 0 Å². The molecular formula is C16H12ClF3N4OS. The van der Waals surface area contributed by atoms with Gasteiger partial charge in [-0.1, -0.05) is 35.5 Å². The number of nitrogens with zero attached hydrogens (tertiary/aromatic N) is 2. The molecular weight excluding hydrogens is 389 g/mol. The van der Waals surface area contributed by atoms with Gasteiger partial charge >= 0.3 is 6.18 Å². The first kappa shape index (κ1) is 18.5. The molecule has 0 aliphatic rings. The largest absolute Gasteiger partial charge is 0.418 e. The summed E-state index contributed by atoms with van der Waals surface area (Å²) in [7, 11) is 0. The summed E-state index contributed by atoms with van der Waals surface area (Å²) in [5.41, 5.74) is -0.134. The molecule has 3 rings (SSSR count). The second-order valence-corrected chi connectivity index (χ2v) is 7.13. The number of thioether (sulfide) groups is 1. The molecule has 0 fully saturated rings. The van der Waals surface area contributed by atoms with Crippen LogP contribution in [0.3, 0.4) is 0 Å². The van der Waals surface area contributed by atoms with Crippen molar-refractivity contribution < 1.29 is 18.0 Å². The second-order valence-electron chi connectivity index (χ2n) is 5.36. The number of pyridine rings is 1. The number of hydrogen-bond acceptors (Lipinski definition) is 4. The SMILES string of the molecule is C[C@H](Sc1nc2ncc(Cl)cc2[nH]1)C(=O)Nc1ccccc1C(F)(F)F. The number of amides is 1. The lowest BCUT2D eigenvalue weighted by molar-refractivity contribution is -0.137. The van der Waals surface area contributed by atoms with E-state index in [0.717, 1.165) is 17.8 Å². The van der Waals surface area contributed by atoms with E-state index in [2.05, 4.69) is 20.3 Å². The van der Waals surface area contributed by atoms with Crippen molar-refractivity contribution in [3.63, 3.8) is 0 Å². The van der Waals surface area contributed by atoms with E-state index in [1.165, 1.54) is 24.4 Å². The third kappa shape index (κ3) is 4.10. The molecule has 2 aromatic heterocycles. The number of carbonyl (C=O) groups excluding carboxylic acids is 1. The van der Waals surface area contributed by atoms with Crippen LogP contribution >= 0.6 is 23.4 Å². The number of benzene rings is 1. The Morgan fingerprint density at radius 3 is 2.81 bits per heavy atom. The average molecular weight is 401 g/mol. The highest BCUT2D eigenvalue weighted by atomic mass is 35.5. The van der Waals surface area contributed by atoms with Crippen molar-refractivity contribution in [1.82, 2.24) is 15.0 Å². The number of halogens is 4. The Hall–Kier alpha value is -2.26. The molecule has 0 aliphatic carbocycles. The molecule has 0 unspecified atom stereocenters. The Morgan fingerprint density at radius 2 is 2.08 bits per heavy atom. The molecule has 1 atom stereocenters. The van der Waals surface area contributed by atoms with E-state index in [1.54, 1.807) is 13.0 Å². The van der Waals surface area contributed by atoms with Gasteiger partial charge in [0.2, 0.25) is 5.91 Å². The van der Waals surface area contributed by atoms with Gasteiger partial charge < -0.3 is 10.3 Å². The maximum Gasteiger partial charge on any atom is 0.418 e. The van der Waals surface area contributed by atoms with E-state index >= 15 is 0 Å². The molecule has 5 nitrogen and oxygen atoms in total. The molecule has 26 heavy (non-hydrogen) atoms. The molecule has 0 spiro atoms. The lowest BCUT2D eigenvalue weighted by atomic mass is 10.1. The minimum atomic E-state index is -4.55. The summed E-state index contributed by atoms with van der Waals surface area (Å²) in [6.07, 6.45) is -3.10. The number of aromatic amines is 1. The van der Waals surface area contributed by atoms with Crippen LogP contribution in [0.5, 0.6) is 0 Å². The molecule has 0 aliphatic heterocycles. The third-order valence-corrected chi connectivity index (χ3v) is 4.62. The van der Waals surface area contributed by atoms with Gasteiger partial charge in [0.15, 0.2) is 10.8 Å². The summed E-state index contributed by atoms with van der Waals surface area (Å²) < 4.78 is 39.0. The Kier molecular flexibility index (Phi) is 5.10. The minimum absolute atomic E-state index is 0.282. The zero-order valence-electron chi connectivity index (χ0n) is 13.3. The summed E-state index contributed by atoms with van der Waals surface area (Å²) in [4.78, 5) is 23.5. The van der Waals surface area contributed by atoms with Gasteiger partial charge in [0, 0.05) is 6.20 Å². The lowest BCUT2D eigenvalue weighted by Gasteiger charge is -2.15. The average Bonchev–Trinajstić information content (AvgIpc) is 2.95. The number of H-pyrrole nitrogens is 1. The number of hydrogen-bond donors (Lipinski definition) is 2. The zero-order chi connectivity index (χ0) is 18.9. The number of aromatic nitrogens is 3. The smallest absolute Gasteiger partial charge is 0.331 e. The standard InChI is InChI=1S/C16H12ClF3N4OS/c1-8(26-15-23-12-6-9(17)7-21-13(12)24-15)14(25)22-11-5-3-2-4-10(11)16(18,19)20/h2-8H,1H3,(H,22,25)(H,21,23,24)/t8-/m0/s1. The maximum absolute atomic E-state index is 13.0. The molecule has 1 aromatic carbocycles. The van der Waals surface area contributed by atoms with Gasteiger partial charge in [-0.05, 0) is 25.1 Å². The maximum atomic E-state index is 13.0. The quantitative estimate of drug-likeness (QED) is 0.620. The molecule has 3 aromatic rings. The van der Waals surface area contributed by atoms with Crippen molar-refractivity contribution in [3.8, 4) is 0 Å². The third-order valence-electron chi connectivity index (χ3n) is 3.43. The van der Waals surface area contributed by atoms with Gasteiger partial charge in [0.25, 0.3) is 0 Å². The number of rotatable bonds is 4. The molecule has 2 N–H and O–H groups in total. The van der Waals surface area contributed by atoms with Crippen LogP contribution in [0.25, 0.3) is 11.2 Å². The second kappa shape index (κ2) is 7.16. The van der Waals surface area contributed by atoms with Gasteiger partial charge in [-0.2, -0.15) is 13.2 Å². The monoisotopic (exact) mass is 400 g/mol. The Bertz CT molecular complexity index is 960. The van der Waals surface area contributed by atoms with E-state index in [-0.39, 0.29) is 5.69 Å². The molecule has 0 bridgehead atoms. The van der Waals surface area contributed by atoms with Gasteiger partial charge in [0.1, 0.15) is 0 Å². The molecule has 0 radical (unpaired) electrons. The summed E-state index contributed by atoms with van der Waals surface area (Å²) in [5, 5.41) is 2.49. The Morgan fingerprint density at radius 1 is 1.35 bits per heavy atom. The fourth-order valence-corrected chi connectivity index (χ4v) is 3.17. The zero-order valence-corrected chi connectivity index (χ0v) is 14.8. The summed E-state index contributed by atoms with van der Waals surface area (Å²) >= 11 is 6.93. The van der Waals surface area contributed by atoms with Gasteiger partial charge in [-0.3, -0.25) is 4.79 Å². The lowest BCUT2D eigenvalue weighted by Crippen LogP contribution is -2.24. The van der Waals surface area contributed by atoms with Crippen molar-refractivity contribution in [2.24, 2.45) is 0 Å². The van der Waals surface area contributed by atoms with Crippen molar-refractivity contribution in [1.29, 1.82) is 0 Å². The first-order chi connectivity index (χ1) is 12.2. The number of alkyl halides is 3. The van der Waals surface area contributed by atoms with E-state index in [4.69, 9.17) is 11.6 Å². The van der Waals surface area contributed by atoms with Crippen LogP contribution in [-0.2, 0) is 11.0 Å². The Balaban J connectivity index is 1.74. The Labute approximate surface area is 155 Å². The highest BCUT2D eigenvalue weighted by molar-refractivity contribution is 8.00. The van der Waals surface area contributed by atoms with Gasteiger partial charge in [-0.15, -0.1) is 0 Å². The van der Waals surface area contributed by atoms with E-state index in [9.17, 15) is 18.0 Å². The number of anilines is 1. The minimum Gasteiger partial charge on any atom is -0.331 e. The van der Waals surface area contributed by atoms with Crippen molar-refractivity contribution >= 4 is 46.1 Å². The van der Waals surface area contributed by atoms with Crippen molar-refractivity contribution in [2.75, 3.05) is 5.32 Å². The van der Waals surface area contributed by atoms with Gasteiger partial charge in [-0.25, -0.2) is 9.97 Å². The predicted octanol–water partition coefficient (Wildman–Crippen LogP) is 4.75. The van der Waals surface area contributed by atoms with Crippen LogP contribution in [0.15, 0.2) is 41.7 Å². The van der Waals surface area contributed by atoms with Crippen LogP contribution in [0, 0.1) is 0 Å². The normalized spacial score (nSPS) is 13.0. The van der Waals surface area contributed by atoms with Crippen molar-refractivity contribution in [3.05, 3.63) is 47.1 Å². The van der Waals surface area contributed by atoms with E-state index < -0.39 is 22.9 Å². The molecule has 10 heteroatoms. The number of para-hydroxylation sites is 1. The highest BCUT2D eigenvalue weighted by Crippen LogP contribution is 2.35. The first-order valence-corrected chi connectivity index (χ1v) is 8.65. The van der Waals surface area contributed by atoms with Crippen molar-refractivity contribution in [2.45, 2.75) is 23.5 Å². The number of fused-ring (bicyclic) bond motifs is 1. The first-order valence-electron chi connectivity index (χ1n) is 7.39. The van der Waals surface area contributed by atoms with Gasteiger partial charge in [0.05, 0.1) is 27.0 Å². The van der Waals surface area contributed by atoms with Crippen LogP contribution in [0.1, 0.15) is 12.5 Å². The fourth-order valence-electron chi connectivity index (χ4n) is 2.20. The van der Waals surface area contributed by atoms with Crippen LogP contribution in [-0.4, -0.2) is 26.1 Å². The molecule has 2 heterocycles. The number of imidazole rings is 1. The van der Waals surface area contributed by atoms with Crippen LogP contribution in [0.2, 0.25) is 5.02 Å². The predicted molar refractivity (Wildman–Crippen MR) is 94.3 cm³/mol. The highest BCUT2D eigenvalue weighted by Gasteiger charge is 2.34. The molecule has 0 saturated carbocycles. The summed E-state index contributed by atoms with van der Waals surface area (Å²) in [5.74, 6) is -0.571. The van der Waals surface area contributed by atoms with Crippen LogP contribution in [0.4, 0.5) is 18.9 Å².